The Labute approximate surface area is 166 Å². The van der Waals surface area contributed by atoms with Crippen molar-refractivity contribution in [3.8, 4) is 0 Å². The number of carbonyl (C=O) groups excluding carboxylic acids is 2. The lowest BCUT2D eigenvalue weighted by molar-refractivity contribution is 0.0600. The van der Waals surface area contributed by atoms with Crippen molar-refractivity contribution in [2.75, 3.05) is 33.8 Å². The lowest BCUT2D eigenvalue weighted by Gasteiger charge is -2.37. The van der Waals surface area contributed by atoms with Crippen molar-refractivity contribution in [2.24, 2.45) is 0 Å². The number of hydrogen-bond acceptors (Lipinski definition) is 4. The third-order valence-corrected chi connectivity index (χ3v) is 5.44. The quantitative estimate of drug-likeness (QED) is 0.722. The number of nitrogens with zero attached hydrogens (tertiary/aromatic N) is 2. The molecule has 1 aliphatic rings. The second-order valence-electron chi connectivity index (χ2n) is 7.32. The maximum Gasteiger partial charge on any atom is 0.337 e. The Morgan fingerprint density at radius 1 is 1.11 bits per heavy atom. The molecule has 0 spiro atoms. The summed E-state index contributed by atoms with van der Waals surface area (Å²) in [7, 11) is 3.20. The SMILES string of the molecule is COC(=O)c1cccc(C(=O)N(C)[C@H]2CCCN(CCc3ccccc3)C2)c1. The van der Waals surface area contributed by atoms with Crippen LogP contribution in [0.25, 0.3) is 0 Å². The molecule has 5 heteroatoms. The van der Waals surface area contributed by atoms with E-state index in [4.69, 9.17) is 4.74 Å². The van der Waals surface area contributed by atoms with E-state index < -0.39 is 5.97 Å². The van der Waals surface area contributed by atoms with Gasteiger partial charge in [0.05, 0.1) is 12.7 Å². The van der Waals surface area contributed by atoms with Crippen molar-refractivity contribution < 1.29 is 14.3 Å². The van der Waals surface area contributed by atoms with Crippen molar-refractivity contribution >= 4 is 11.9 Å². The summed E-state index contributed by atoms with van der Waals surface area (Å²) in [5.41, 5.74) is 2.26. The van der Waals surface area contributed by atoms with Gasteiger partial charge in [-0.15, -0.1) is 0 Å². The molecule has 2 aromatic rings. The fourth-order valence-corrected chi connectivity index (χ4v) is 3.75. The number of methoxy groups -OCH3 is 1. The molecule has 2 aromatic carbocycles. The topological polar surface area (TPSA) is 49.9 Å². The van der Waals surface area contributed by atoms with E-state index in [2.05, 4.69) is 29.2 Å². The van der Waals surface area contributed by atoms with Crippen molar-refractivity contribution in [2.45, 2.75) is 25.3 Å². The van der Waals surface area contributed by atoms with Crippen LogP contribution < -0.4 is 0 Å². The van der Waals surface area contributed by atoms with Gasteiger partial charge in [-0.1, -0.05) is 36.4 Å². The second kappa shape index (κ2) is 9.51. The highest BCUT2D eigenvalue weighted by Gasteiger charge is 2.27. The van der Waals surface area contributed by atoms with Gasteiger partial charge in [-0.25, -0.2) is 4.79 Å². The average molecular weight is 380 g/mol. The number of carbonyl (C=O) groups is 2. The van der Waals surface area contributed by atoms with Gasteiger partial charge in [-0.05, 0) is 49.6 Å². The van der Waals surface area contributed by atoms with E-state index in [1.807, 2.05) is 18.0 Å². The van der Waals surface area contributed by atoms with E-state index in [0.717, 1.165) is 38.9 Å². The molecule has 5 nitrogen and oxygen atoms in total. The normalized spacial score (nSPS) is 17.1. The van der Waals surface area contributed by atoms with E-state index in [0.29, 0.717) is 11.1 Å². The van der Waals surface area contributed by atoms with Crippen LogP contribution in [0.5, 0.6) is 0 Å². The van der Waals surface area contributed by atoms with Crippen molar-refractivity contribution in [3.05, 3.63) is 71.3 Å². The Bertz CT molecular complexity index is 807. The van der Waals surface area contributed by atoms with Crippen molar-refractivity contribution in [1.82, 2.24) is 9.80 Å². The van der Waals surface area contributed by atoms with Crippen molar-refractivity contribution in [1.29, 1.82) is 0 Å². The van der Waals surface area contributed by atoms with Gasteiger partial charge in [0.2, 0.25) is 0 Å². The molecular weight excluding hydrogens is 352 g/mol. The first-order chi connectivity index (χ1) is 13.6. The van der Waals surface area contributed by atoms with Crippen LogP contribution >= 0.6 is 0 Å². The van der Waals surface area contributed by atoms with E-state index in [9.17, 15) is 9.59 Å². The second-order valence-corrected chi connectivity index (χ2v) is 7.32. The number of piperidine rings is 1. The molecule has 1 heterocycles. The number of rotatable bonds is 6. The molecule has 148 valence electrons. The zero-order valence-electron chi connectivity index (χ0n) is 16.6. The fourth-order valence-electron chi connectivity index (χ4n) is 3.75. The molecule has 0 saturated carbocycles. The van der Waals surface area contributed by atoms with E-state index in [-0.39, 0.29) is 11.9 Å². The van der Waals surface area contributed by atoms with Crippen LogP contribution in [-0.2, 0) is 11.2 Å². The van der Waals surface area contributed by atoms with E-state index >= 15 is 0 Å². The molecule has 1 fully saturated rings. The number of amides is 1. The monoisotopic (exact) mass is 380 g/mol. The minimum atomic E-state index is -0.429. The molecule has 3 rings (SSSR count). The Hall–Kier alpha value is -2.66. The number of ether oxygens (including phenoxy) is 1. The first kappa shape index (κ1) is 20.1. The van der Waals surface area contributed by atoms with E-state index in [1.54, 1.807) is 24.3 Å². The van der Waals surface area contributed by atoms with Gasteiger partial charge in [0.15, 0.2) is 0 Å². The minimum Gasteiger partial charge on any atom is -0.465 e. The summed E-state index contributed by atoms with van der Waals surface area (Å²) < 4.78 is 4.75. The molecule has 0 aromatic heterocycles. The molecule has 1 saturated heterocycles. The predicted molar refractivity (Wildman–Crippen MR) is 109 cm³/mol. The predicted octanol–water partition coefficient (Wildman–Crippen LogP) is 3.25. The maximum absolute atomic E-state index is 12.9. The van der Waals surface area contributed by atoms with Crippen LogP contribution in [0.3, 0.4) is 0 Å². The first-order valence-electron chi connectivity index (χ1n) is 9.80. The fraction of sp³-hybridized carbons (Fsp3) is 0.391. The van der Waals surface area contributed by atoms with Gasteiger partial charge in [-0.3, -0.25) is 4.79 Å². The van der Waals surface area contributed by atoms with Crippen LogP contribution in [0, 0.1) is 0 Å². The molecule has 1 aliphatic heterocycles. The highest BCUT2D eigenvalue weighted by atomic mass is 16.5. The summed E-state index contributed by atoms with van der Waals surface area (Å²) in [6.45, 7) is 2.95. The lowest BCUT2D eigenvalue weighted by atomic mass is 10.0. The number of benzene rings is 2. The summed E-state index contributed by atoms with van der Waals surface area (Å²) >= 11 is 0. The van der Waals surface area contributed by atoms with Crippen LogP contribution in [0.4, 0.5) is 0 Å². The van der Waals surface area contributed by atoms with Crippen LogP contribution in [0.2, 0.25) is 0 Å². The number of esters is 1. The molecule has 0 bridgehead atoms. The molecule has 1 amide bonds. The summed E-state index contributed by atoms with van der Waals surface area (Å²) in [6.07, 6.45) is 3.10. The highest BCUT2D eigenvalue weighted by molar-refractivity contribution is 5.97. The average Bonchev–Trinajstić information content (AvgIpc) is 2.77. The third-order valence-electron chi connectivity index (χ3n) is 5.44. The largest absolute Gasteiger partial charge is 0.465 e. The van der Waals surface area contributed by atoms with Crippen molar-refractivity contribution in [3.63, 3.8) is 0 Å². The Balaban J connectivity index is 1.60. The number of hydrogen-bond donors (Lipinski definition) is 0. The maximum atomic E-state index is 12.9. The van der Waals surface area contributed by atoms with Gasteiger partial charge >= 0.3 is 5.97 Å². The van der Waals surface area contributed by atoms with Crippen LogP contribution in [0.1, 0.15) is 39.1 Å². The smallest absolute Gasteiger partial charge is 0.337 e. The Morgan fingerprint density at radius 2 is 1.86 bits per heavy atom. The van der Waals surface area contributed by atoms with E-state index in [1.165, 1.54) is 12.7 Å². The molecule has 1 atom stereocenters. The Kier molecular flexibility index (Phi) is 6.82. The Morgan fingerprint density at radius 3 is 2.61 bits per heavy atom. The van der Waals surface area contributed by atoms with Gasteiger partial charge in [0.1, 0.15) is 0 Å². The molecular formula is C23H28N2O3. The zero-order valence-corrected chi connectivity index (χ0v) is 16.6. The summed E-state index contributed by atoms with van der Waals surface area (Å²) in [5.74, 6) is -0.484. The van der Waals surface area contributed by atoms with Crippen LogP contribution in [-0.4, -0.2) is 61.5 Å². The lowest BCUT2D eigenvalue weighted by Crippen LogP contribution is -2.49. The van der Waals surface area contributed by atoms with Gasteiger partial charge in [0, 0.05) is 31.7 Å². The number of likely N-dealkylation sites (N-methyl/N-ethyl adjacent to an activating group) is 1. The summed E-state index contributed by atoms with van der Waals surface area (Å²) in [4.78, 5) is 29.0. The van der Waals surface area contributed by atoms with Gasteiger partial charge in [0.25, 0.3) is 5.91 Å². The molecule has 28 heavy (non-hydrogen) atoms. The molecule has 0 aliphatic carbocycles. The highest BCUT2D eigenvalue weighted by Crippen LogP contribution is 2.18. The van der Waals surface area contributed by atoms with Gasteiger partial charge in [-0.2, -0.15) is 0 Å². The zero-order chi connectivity index (χ0) is 19.9. The minimum absolute atomic E-state index is 0.0549. The van der Waals surface area contributed by atoms with Gasteiger partial charge < -0.3 is 14.5 Å². The number of likely N-dealkylation sites (tertiary alicyclic amines) is 1. The summed E-state index contributed by atoms with van der Waals surface area (Å²) in [5, 5.41) is 0. The van der Waals surface area contributed by atoms with Crippen LogP contribution in [0.15, 0.2) is 54.6 Å². The molecule has 0 unspecified atom stereocenters. The molecule has 0 N–H and O–H groups in total. The summed E-state index contributed by atoms with van der Waals surface area (Å²) in [6, 6.07) is 17.4. The third kappa shape index (κ3) is 4.98. The first-order valence-corrected chi connectivity index (χ1v) is 9.80. The molecule has 0 radical (unpaired) electrons. The standard InChI is InChI=1S/C23H28N2O3/c1-24(22(26)19-10-6-11-20(16-19)23(27)28-2)21-12-7-14-25(17-21)15-13-18-8-4-3-5-9-18/h3-6,8-11,16,21H,7,12-15,17H2,1-2H3/t21-/m0/s1.